The monoisotopic (exact) mass is 481 g/mol. The molecule has 0 aromatic heterocycles. The first-order valence-corrected chi connectivity index (χ1v) is 12.6. The fourth-order valence-electron chi connectivity index (χ4n) is 3.95. The van der Waals surface area contributed by atoms with Gasteiger partial charge >= 0.3 is 0 Å². The van der Waals surface area contributed by atoms with Crippen LogP contribution in [0, 0.1) is 0 Å². The first kappa shape index (κ1) is 23.8. The number of hydrogen-bond acceptors (Lipinski definition) is 7. The summed E-state index contributed by atoms with van der Waals surface area (Å²) < 4.78 is 32.6. The van der Waals surface area contributed by atoms with Gasteiger partial charge in [0.25, 0.3) is 0 Å². The minimum Gasteiger partial charge on any atom is -0.506 e. The standard InChI is InChI=1S/C19H29Cl2N3O5S/c20-15-13-14(18(25)17(21)19(15)26)16-3-1-7-24(16)30(27,28)12-5-22-4-2-6-23-8-10-29-11-9-23/h13,16,22,25-26H,1-12H2. The summed E-state index contributed by atoms with van der Waals surface area (Å²) in [6.45, 7) is 5.90. The number of halogens is 2. The largest absolute Gasteiger partial charge is 0.506 e. The molecule has 170 valence electrons. The molecule has 2 fully saturated rings. The Morgan fingerprint density at radius 3 is 2.60 bits per heavy atom. The molecule has 3 rings (SSSR count). The molecular weight excluding hydrogens is 453 g/mol. The second-order valence-corrected chi connectivity index (χ2v) is 10.4. The zero-order valence-electron chi connectivity index (χ0n) is 16.8. The van der Waals surface area contributed by atoms with E-state index in [2.05, 4.69) is 10.2 Å². The number of ether oxygens (including phenoxy) is 1. The topological polar surface area (TPSA) is 102 Å². The highest BCUT2D eigenvalue weighted by atomic mass is 35.5. The fraction of sp³-hybridized carbons (Fsp3) is 0.684. The van der Waals surface area contributed by atoms with Crippen LogP contribution in [0.4, 0.5) is 0 Å². The van der Waals surface area contributed by atoms with Crippen molar-refractivity contribution in [3.8, 4) is 11.5 Å². The van der Waals surface area contributed by atoms with Crippen LogP contribution in [0.25, 0.3) is 0 Å². The van der Waals surface area contributed by atoms with Gasteiger partial charge in [0.15, 0.2) is 5.75 Å². The molecule has 1 atom stereocenters. The van der Waals surface area contributed by atoms with E-state index in [0.717, 1.165) is 45.8 Å². The quantitative estimate of drug-likeness (QED) is 0.464. The van der Waals surface area contributed by atoms with Gasteiger partial charge in [0.1, 0.15) is 10.8 Å². The summed E-state index contributed by atoms with van der Waals surface area (Å²) >= 11 is 11.9. The second-order valence-electron chi connectivity index (χ2n) is 7.60. The summed E-state index contributed by atoms with van der Waals surface area (Å²) in [6, 6.07) is 0.840. The Hall–Kier alpha value is -0.810. The van der Waals surface area contributed by atoms with E-state index in [9.17, 15) is 18.6 Å². The minimum absolute atomic E-state index is 0.0148. The number of sulfonamides is 1. The Labute approximate surface area is 187 Å². The van der Waals surface area contributed by atoms with Gasteiger partial charge in [-0.25, -0.2) is 8.42 Å². The van der Waals surface area contributed by atoms with E-state index in [4.69, 9.17) is 27.9 Å². The lowest BCUT2D eigenvalue weighted by atomic mass is 10.0. The van der Waals surface area contributed by atoms with Gasteiger partial charge in [-0.15, -0.1) is 0 Å². The fourth-order valence-corrected chi connectivity index (χ4v) is 6.07. The van der Waals surface area contributed by atoms with Crippen LogP contribution < -0.4 is 5.32 Å². The van der Waals surface area contributed by atoms with E-state index in [1.165, 1.54) is 10.4 Å². The molecule has 1 aromatic carbocycles. The number of phenols is 2. The lowest BCUT2D eigenvalue weighted by molar-refractivity contribution is 0.0375. The van der Waals surface area contributed by atoms with Gasteiger partial charge in [0.05, 0.1) is 30.0 Å². The van der Waals surface area contributed by atoms with Crippen LogP contribution in [-0.4, -0.2) is 86.1 Å². The van der Waals surface area contributed by atoms with Crippen molar-refractivity contribution < 1.29 is 23.4 Å². The third-order valence-corrected chi connectivity index (χ3v) is 8.10. The van der Waals surface area contributed by atoms with Crippen LogP contribution >= 0.6 is 23.2 Å². The molecule has 0 spiro atoms. The maximum Gasteiger partial charge on any atom is 0.215 e. The molecule has 2 saturated heterocycles. The SMILES string of the molecule is O=S(=O)(CCNCCCN1CCOCC1)N1CCCC1c1cc(Cl)c(O)c(Cl)c1O. The normalized spacial score (nSPS) is 21.3. The van der Waals surface area contributed by atoms with Crippen molar-refractivity contribution in [2.24, 2.45) is 0 Å². The molecule has 11 heteroatoms. The molecule has 0 bridgehead atoms. The van der Waals surface area contributed by atoms with Crippen molar-refractivity contribution in [3.05, 3.63) is 21.7 Å². The van der Waals surface area contributed by atoms with Gasteiger partial charge in [-0.2, -0.15) is 4.31 Å². The Balaban J connectivity index is 1.52. The molecule has 2 aliphatic rings. The maximum atomic E-state index is 12.9. The highest BCUT2D eigenvalue weighted by Gasteiger charge is 2.37. The molecule has 0 aliphatic carbocycles. The number of morpholine rings is 1. The van der Waals surface area contributed by atoms with Crippen LogP contribution in [0.15, 0.2) is 6.07 Å². The summed E-state index contributed by atoms with van der Waals surface area (Å²) in [5.41, 5.74) is 0.322. The van der Waals surface area contributed by atoms with Crippen molar-refractivity contribution in [2.75, 3.05) is 58.2 Å². The van der Waals surface area contributed by atoms with E-state index in [0.29, 0.717) is 31.5 Å². The zero-order valence-corrected chi connectivity index (χ0v) is 19.1. The summed E-state index contributed by atoms with van der Waals surface area (Å²) in [5.74, 6) is -0.762. The Kier molecular flexibility index (Phi) is 8.48. The van der Waals surface area contributed by atoms with Crippen molar-refractivity contribution in [1.29, 1.82) is 0 Å². The van der Waals surface area contributed by atoms with Crippen LogP contribution in [0.5, 0.6) is 11.5 Å². The van der Waals surface area contributed by atoms with Gasteiger partial charge in [0, 0.05) is 31.7 Å². The van der Waals surface area contributed by atoms with Crippen LogP contribution in [0.1, 0.15) is 30.9 Å². The van der Waals surface area contributed by atoms with Crippen molar-refractivity contribution >= 4 is 33.2 Å². The number of benzene rings is 1. The van der Waals surface area contributed by atoms with Crippen LogP contribution in [0.2, 0.25) is 10.0 Å². The van der Waals surface area contributed by atoms with E-state index >= 15 is 0 Å². The average Bonchev–Trinajstić information content (AvgIpc) is 3.23. The molecule has 0 radical (unpaired) electrons. The zero-order chi connectivity index (χ0) is 21.7. The lowest BCUT2D eigenvalue weighted by Crippen LogP contribution is -2.38. The van der Waals surface area contributed by atoms with Crippen molar-refractivity contribution in [1.82, 2.24) is 14.5 Å². The van der Waals surface area contributed by atoms with Gasteiger partial charge in [-0.05, 0) is 38.4 Å². The number of aromatic hydroxyl groups is 2. The predicted molar refractivity (Wildman–Crippen MR) is 117 cm³/mol. The second kappa shape index (κ2) is 10.7. The molecule has 1 aromatic rings. The Morgan fingerprint density at radius 2 is 1.87 bits per heavy atom. The van der Waals surface area contributed by atoms with Gasteiger partial charge in [-0.3, -0.25) is 4.90 Å². The summed E-state index contributed by atoms with van der Waals surface area (Å²) in [6.07, 6.45) is 2.17. The number of hydrogen-bond donors (Lipinski definition) is 3. The van der Waals surface area contributed by atoms with Crippen LogP contribution in [0.3, 0.4) is 0 Å². The first-order valence-electron chi connectivity index (χ1n) is 10.2. The first-order chi connectivity index (χ1) is 14.3. The molecule has 8 nitrogen and oxygen atoms in total. The van der Waals surface area contributed by atoms with Gasteiger partial charge in [-0.1, -0.05) is 23.2 Å². The Morgan fingerprint density at radius 1 is 1.13 bits per heavy atom. The average molecular weight is 482 g/mol. The van der Waals surface area contributed by atoms with Crippen molar-refractivity contribution in [2.45, 2.75) is 25.3 Å². The predicted octanol–water partition coefficient (Wildman–Crippen LogP) is 2.18. The molecule has 2 aliphatic heterocycles. The van der Waals surface area contributed by atoms with E-state index in [1.807, 2.05) is 0 Å². The highest BCUT2D eigenvalue weighted by molar-refractivity contribution is 7.89. The smallest absolute Gasteiger partial charge is 0.215 e. The Bertz CT molecular complexity index is 834. The van der Waals surface area contributed by atoms with E-state index < -0.39 is 21.8 Å². The third-order valence-electron chi connectivity index (χ3n) is 5.59. The molecule has 1 unspecified atom stereocenters. The van der Waals surface area contributed by atoms with E-state index in [-0.39, 0.29) is 21.5 Å². The maximum absolute atomic E-state index is 12.9. The number of phenolic OH excluding ortho intramolecular Hbond substituents is 2. The number of nitrogens with one attached hydrogen (secondary N) is 1. The van der Waals surface area contributed by atoms with Gasteiger partial charge in [0.2, 0.25) is 10.0 Å². The number of nitrogens with zero attached hydrogens (tertiary/aromatic N) is 2. The summed E-state index contributed by atoms with van der Waals surface area (Å²) in [5, 5.41) is 23.0. The highest BCUT2D eigenvalue weighted by Crippen LogP contribution is 2.47. The third kappa shape index (κ3) is 5.70. The summed E-state index contributed by atoms with van der Waals surface area (Å²) in [4.78, 5) is 2.34. The molecular formula is C19H29Cl2N3O5S. The lowest BCUT2D eigenvalue weighted by Gasteiger charge is -2.26. The molecule has 3 N–H and O–H groups in total. The van der Waals surface area contributed by atoms with Crippen LogP contribution in [-0.2, 0) is 14.8 Å². The molecule has 0 amide bonds. The molecule has 30 heavy (non-hydrogen) atoms. The summed E-state index contributed by atoms with van der Waals surface area (Å²) in [7, 11) is -3.53. The van der Waals surface area contributed by atoms with E-state index in [1.54, 1.807) is 0 Å². The molecule has 0 saturated carbocycles. The minimum atomic E-state index is -3.53. The van der Waals surface area contributed by atoms with Gasteiger partial charge < -0.3 is 20.3 Å². The number of rotatable bonds is 9. The van der Waals surface area contributed by atoms with Crippen molar-refractivity contribution in [3.63, 3.8) is 0 Å². The molecule has 2 heterocycles.